The summed E-state index contributed by atoms with van der Waals surface area (Å²) in [6, 6.07) is 7.13. The van der Waals surface area contributed by atoms with Crippen LogP contribution in [0.4, 0.5) is 5.69 Å². The third kappa shape index (κ3) is 2.05. The molecular weight excluding hydrogens is 246 g/mol. The Labute approximate surface area is 111 Å². The van der Waals surface area contributed by atoms with Gasteiger partial charge in [-0.05, 0) is 26.0 Å². The lowest BCUT2D eigenvalue weighted by Crippen LogP contribution is -2.46. The summed E-state index contributed by atoms with van der Waals surface area (Å²) in [5.41, 5.74) is -0.166. The summed E-state index contributed by atoms with van der Waals surface area (Å²) in [5.74, 6) is -1.29. The Morgan fingerprint density at radius 1 is 1.42 bits per heavy atom. The van der Waals surface area contributed by atoms with E-state index in [-0.39, 0.29) is 12.3 Å². The number of carbonyl (C=O) groups is 2. The lowest BCUT2D eigenvalue weighted by molar-refractivity contribution is -0.143. The first-order valence-electron chi connectivity index (χ1n) is 6.08. The van der Waals surface area contributed by atoms with E-state index in [1.54, 1.807) is 32.0 Å². The van der Waals surface area contributed by atoms with E-state index in [2.05, 4.69) is 0 Å². The third-order valence-electron chi connectivity index (χ3n) is 3.68. The van der Waals surface area contributed by atoms with Crippen LogP contribution in [-0.4, -0.2) is 29.6 Å². The average molecular weight is 263 g/mol. The molecule has 5 heteroatoms. The topological polar surface area (TPSA) is 66.8 Å². The Hall–Kier alpha value is -2.04. The quantitative estimate of drug-likeness (QED) is 0.904. The lowest BCUT2D eigenvalue weighted by atomic mass is 9.88. The van der Waals surface area contributed by atoms with Crippen molar-refractivity contribution >= 4 is 17.6 Å². The van der Waals surface area contributed by atoms with Gasteiger partial charge in [-0.2, -0.15) is 0 Å². The fraction of sp³-hybridized carbons (Fsp3) is 0.429. The second kappa shape index (κ2) is 4.57. The maximum Gasteiger partial charge on any atom is 0.309 e. The number of para-hydroxylation sites is 2. The van der Waals surface area contributed by atoms with Gasteiger partial charge in [0.15, 0.2) is 0 Å². The number of hydrogen-bond acceptors (Lipinski definition) is 3. The second-order valence-corrected chi connectivity index (χ2v) is 5.15. The van der Waals surface area contributed by atoms with Gasteiger partial charge in [0.2, 0.25) is 5.91 Å². The van der Waals surface area contributed by atoms with Crippen LogP contribution in [0.1, 0.15) is 20.3 Å². The first kappa shape index (κ1) is 13.4. The summed E-state index contributed by atoms with van der Waals surface area (Å²) in [7, 11) is 1.53. The van der Waals surface area contributed by atoms with Crippen molar-refractivity contribution in [2.75, 3.05) is 12.0 Å². The van der Waals surface area contributed by atoms with Crippen LogP contribution in [0, 0.1) is 5.92 Å². The predicted molar refractivity (Wildman–Crippen MR) is 70.3 cm³/mol. The molecule has 0 saturated carbocycles. The highest BCUT2D eigenvalue weighted by Crippen LogP contribution is 2.42. The Bertz CT molecular complexity index is 524. The number of carboxylic acids is 1. The van der Waals surface area contributed by atoms with E-state index in [0.29, 0.717) is 11.4 Å². The minimum atomic E-state index is -0.948. The SMILES string of the molecule is COc1ccccc1N1C(=O)CC(C(=O)O)C1(C)C. The van der Waals surface area contributed by atoms with E-state index >= 15 is 0 Å². The normalized spacial score (nSPS) is 21.5. The van der Waals surface area contributed by atoms with Crippen LogP contribution >= 0.6 is 0 Å². The van der Waals surface area contributed by atoms with E-state index in [1.807, 2.05) is 6.07 Å². The fourth-order valence-corrected chi connectivity index (χ4v) is 2.64. The van der Waals surface area contributed by atoms with E-state index in [4.69, 9.17) is 4.74 Å². The first-order valence-corrected chi connectivity index (χ1v) is 6.08. The molecule has 1 atom stereocenters. The molecule has 1 aliphatic heterocycles. The zero-order valence-corrected chi connectivity index (χ0v) is 11.2. The molecule has 1 aromatic rings. The lowest BCUT2D eigenvalue weighted by Gasteiger charge is -2.35. The molecule has 1 fully saturated rings. The summed E-state index contributed by atoms with van der Waals surface area (Å²) in [6.07, 6.45) is 0.0143. The Morgan fingerprint density at radius 2 is 2.05 bits per heavy atom. The molecule has 1 aliphatic rings. The Morgan fingerprint density at radius 3 is 2.58 bits per heavy atom. The minimum absolute atomic E-state index is 0.0143. The Kier molecular flexibility index (Phi) is 3.22. The third-order valence-corrected chi connectivity index (χ3v) is 3.68. The number of amides is 1. The number of carbonyl (C=O) groups excluding carboxylic acids is 1. The van der Waals surface area contributed by atoms with Crippen molar-refractivity contribution in [2.45, 2.75) is 25.8 Å². The van der Waals surface area contributed by atoms with Crippen molar-refractivity contribution in [3.8, 4) is 5.75 Å². The van der Waals surface area contributed by atoms with Gasteiger partial charge in [-0.15, -0.1) is 0 Å². The van der Waals surface area contributed by atoms with Crippen LogP contribution in [0.2, 0.25) is 0 Å². The highest BCUT2D eigenvalue weighted by atomic mass is 16.5. The van der Waals surface area contributed by atoms with Gasteiger partial charge in [-0.3, -0.25) is 9.59 Å². The van der Waals surface area contributed by atoms with Crippen LogP contribution in [0.3, 0.4) is 0 Å². The van der Waals surface area contributed by atoms with Crippen molar-refractivity contribution in [3.05, 3.63) is 24.3 Å². The summed E-state index contributed by atoms with van der Waals surface area (Å²) < 4.78 is 5.25. The number of hydrogen-bond donors (Lipinski definition) is 1. The van der Waals surface area contributed by atoms with Gasteiger partial charge in [0.25, 0.3) is 0 Å². The van der Waals surface area contributed by atoms with Gasteiger partial charge in [-0.25, -0.2) is 0 Å². The van der Waals surface area contributed by atoms with Gasteiger partial charge in [0, 0.05) is 6.42 Å². The molecule has 0 spiro atoms. The van der Waals surface area contributed by atoms with Crippen LogP contribution in [0.5, 0.6) is 5.75 Å². The molecule has 5 nitrogen and oxygen atoms in total. The van der Waals surface area contributed by atoms with Crippen LogP contribution < -0.4 is 9.64 Å². The highest BCUT2D eigenvalue weighted by Gasteiger charge is 2.51. The molecular formula is C14H17NO4. The summed E-state index contributed by atoms with van der Waals surface area (Å²) >= 11 is 0. The van der Waals surface area contributed by atoms with Crippen molar-refractivity contribution in [2.24, 2.45) is 5.92 Å². The van der Waals surface area contributed by atoms with Gasteiger partial charge in [0.05, 0.1) is 24.3 Å². The molecule has 1 unspecified atom stereocenters. The largest absolute Gasteiger partial charge is 0.495 e. The number of benzene rings is 1. The summed E-state index contributed by atoms with van der Waals surface area (Å²) in [5, 5.41) is 9.25. The molecule has 19 heavy (non-hydrogen) atoms. The number of rotatable bonds is 3. The van der Waals surface area contributed by atoms with Crippen molar-refractivity contribution in [3.63, 3.8) is 0 Å². The molecule has 1 N–H and O–H groups in total. The number of aliphatic carboxylic acids is 1. The number of nitrogens with zero attached hydrogens (tertiary/aromatic N) is 1. The van der Waals surface area contributed by atoms with E-state index in [1.165, 1.54) is 12.0 Å². The summed E-state index contributed by atoms with van der Waals surface area (Å²) in [4.78, 5) is 25.0. The van der Waals surface area contributed by atoms with Gasteiger partial charge in [-0.1, -0.05) is 12.1 Å². The van der Waals surface area contributed by atoms with E-state index < -0.39 is 17.4 Å². The smallest absolute Gasteiger partial charge is 0.309 e. The highest BCUT2D eigenvalue weighted by molar-refractivity contribution is 6.02. The van der Waals surface area contributed by atoms with E-state index in [9.17, 15) is 14.7 Å². The van der Waals surface area contributed by atoms with Crippen LogP contribution in [0.25, 0.3) is 0 Å². The standard InChI is InChI=1S/C14H17NO4/c1-14(2)9(13(17)18)8-12(16)15(14)10-6-4-5-7-11(10)19-3/h4-7,9H,8H2,1-3H3,(H,17,18). The zero-order valence-electron chi connectivity index (χ0n) is 11.2. The fourth-order valence-electron chi connectivity index (χ4n) is 2.64. The summed E-state index contributed by atoms with van der Waals surface area (Å²) in [6.45, 7) is 3.53. The molecule has 0 aliphatic carbocycles. The second-order valence-electron chi connectivity index (χ2n) is 5.15. The first-order chi connectivity index (χ1) is 8.89. The van der Waals surface area contributed by atoms with Crippen LogP contribution in [-0.2, 0) is 9.59 Å². The van der Waals surface area contributed by atoms with Crippen molar-refractivity contribution in [1.82, 2.24) is 0 Å². The van der Waals surface area contributed by atoms with Crippen molar-refractivity contribution < 1.29 is 19.4 Å². The number of methoxy groups -OCH3 is 1. The molecule has 1 saturated heterocycles. The average Bonchev–Trinajstić information content (AvgIpc) is 2.59. The molecule has 0 aromatic heterocycles. The van der Waals surface area contributed by atoms with Gasteiger partial charge in [0.1, 0.15) is 5.75 Å². The Balaban J connectivity index is 2.50. The molecule has 1 aromatic carbocycles. The maximum atomic E-state index is 12.2. The number of ether oxygens (including phenoxy) is 1. The molecule has 0 radical (unpaired) electrons. The van der Waals surface area contributed by atoms with Crippen LogP contribution in [0.15, 0.2) is 24.3 Å². The number of anilines is 1. The molecule has 0 bridgehead atoms. The molecule has 1 amide bonds. The zero-order chi connectivity index (χ0) is 14.2. The predicted octanol–water partition coefficient (Wildman–Crippen LogP) is 1.91. The van der Waals surface area contributed by atoms with Crippen molar-refractivity contribution in [1.29, 1.82) is 0 Å². The molecule has 102 valence electrons. The van der Waals surface area contributed by atoms with Gasteiger partial charge < -0.3 is 14.7 Å². The number of carboxylic acid groups (broad SMARTS) is 1. The van der Waals surface area contributed by atoms with Gasteiger partial charge >= 0.3 is 5.97 Å². The minimum Gasteiger partial charge on any atom is -0.495 e. The molecule has 2 rings (SSSR count). The van der Waals surface area contributed by atoms with E-state index in [0.717, 1.165) is 0 Å². The molecule has 1 heterocycles. The monoisotopic (exact) mass is 263 g/mol. The maximum absolute atomic E-state index is 12.2.